The molecule has 3 rings (SSSR count). The fraction of sp³-hybridized carbons (Fsp3) is 0.211. The number of para-hydroxylation sites is 1. The summed E-state index contributed by atoms with van der Waals surface area (Å²) in [5.74, 6) is -0.263. The van der Waals surface area contributed by atoms with E-state index in [-0.39, 0.29) is 18.2 Å². The molecule has 5 nitrogen and oxygen atoms in total. The molecule has 0 atom stereocenters. The summed E-state index contributed by atoms with van der Waals surface area (Å²) in [6.45, 7) is 2.60. The number of hydrogen-bond donors (Lipinski definition) is 2. The fourth-order valence-electron chi connectivity index (χ4n) is 2.47. The average molecular weight is 353 g/mol. The van der Waals surface area contributed by atoms with Crippen LogP contribution in [0.15, 0.2) is 48.5 Å². The van der Waals surface area contributed by atoms with E-state index in [1.807, 2.05) is 49.4 Å². The van der Waals surface area contributed by atoms with Gasteiger partial charge in [-0.3, -0.25) is 9.59 Å². The minimum absolute atomic E-state index is 0.107. The summed E-state index contributed by atoms with van der Waals surface area (Å²) in [7, 11) is 0. The van der Waals surface area contributed by atoms with Crippen LogP contribution >= 0.6 is 11.3 Å². The Bertz CT molecular complexity index is 871. The third-order valence-corrected chi connectivity index (χ3v) is 4.84. The van der Waals surface area contributed by atoms with Gasteiger partial charge in [-0.15, -0.1) is 11.3 Å². The summed E-state index contributed by atoms with van der Waals surface area (Å²) in [6, 6.07) is 15.3. The van der Waals surface area contributed by atoms with Crippen LogP contribution in [0, 0.1) is 6.92 Å². The molecule has 0 bridgehead atoms. The number of fused-ring (bicyclic) bond motifs is 1. The zero-order valence-corrected chi connectivity index (χ0v) is 14.7. The summed E-state index contributed by atoms with van der Waals surface area (Å²) < 4.78 is 1.11. The molecular weight excluding hydrogens is 334 g/mol. The second-order valence-corrected chi connectivity index (χ2v) is 6.79. The average Bonchev–Trinajstić information content (AvgIpc) is 3.03. The van der Waals surface area contributed by atoms with Gasteiger partial charge in [0.2, 0.25) is 5.91 Å². The maximum absolute atomic E-state index is 12.1. The van der Waals surface area contributed by atoms with Gasteiger partial charge in [0.1, 0.15) is 5.01 Å². The van der Waals surface area contributed by atoms with E-state index in [0.29, 0.717) is 18.7 Å². The Balaban J connectivity index is 1.44. The molecule has 0 aliphatic rings. The highest BCUT2D eigenvalue weighted by atomic mass is 32.1. The van der Waals surface area contributed by atoms with Gasteiger partial charge < -0.3 is 10.6 Å². The van der Waals surface area contributed by atoms with Crippen molar-refractivity contribution in [2.75, 3.05) is 6.54 Å². The summed E-state index contributed by atoms with van der Waals surface area (Å²) >= 11 is 1.57. The van der Waals surface area contributed by atoms with Crippen molar-refractivity contribution in [3.05, 3.63) is 64.7 Å². The molecule has 2 aromatic carbocycles. The Morgan fingerprint density at radius 3 is 2.60 bits per heavy atom. The van der Waals surface area contributed by atoms with Crippen molar-refractivity contribution < 1.29 is 9.59 Å². The van der Waals surface area contributed by atoms with Crippen LogP contribution in [0.1, 0.15) is 27.3 Å². The Labute approximate surface area is 150 Å². The van der Waals surface area contributed by atoms with Gasteiger partial charge in [0, 0.05) is 18.5 Å². The number of carbonyl (C=O) groups excluding carboxylic acids is 2. The second kappa shape index (κ2) is 7.90. The van der Waals surface area contributed by atoms with E-state index in [1.54, 1.807) is 17.4 Å². The molecule has 2 amide bonds. The molecule has 0 radical (unpaired) electrons. The van der Waals surface area contributed by atoms with Crippen LogP contribution in [0.5, 0.6) is 0 Å². The molecule has 0 spiro atoms. The minimum Gasteiger partial charge on any atom is -0.352 e. The predicted octanol–water partition coefficient (Wildman–Crippen LogP) is 3.04. The lowest BCUT2D eigenvalue weighted by atomic mass is 10.1. The molecule has 128 valence electrons. The third kappa shape index (κ3) is 4.42. The van der Waals surface area contributed by atoms with E-state index in [9.17, 15) is 9.59 Å². The first-order valence-corrected chi connectivity index (χ1v) is 8.90. The van der Waals surface area contributed by atoms with Crippen molar-refractivity contribution >= 4 is 33.4 Å². The Morgan fingerprint density at radius 2 is 1.80 bits per heavy atom. The SMILES string of the molecule is Cc1ccccc1C(=O)NCCC(=O)NCc1nc2ccccc2s1. The van der Waals surface area contributed by atoms with Crippen molar-refractivity contribution in [1.82, 2.24) is 15.6 Å². The van der Waals surface area contributed by atoms with Gasteiger partial charge in [-0.25, -0.2) is 4.98 Å². The van der Waals surface area contributed by atoms with Gasteiger partial charge in [0.15, 0.2) is 0 Å². The zero-order valence-electron chi connectivity index (χ0n) is 13.9. The van der Waals surface area contributed by atoms with E-state index in [2.05, 4.69) is 15.6 Å². The summed E-state index contributed by atoms with van der Waals surface area (Å²) in [6.07, 6.45) is 0.239. The largest absolute Gasteiger partial charge is 0.352 e. The smallest absolute Gasteiger partial charge is 0.251 e. The molecule has 2 N–H and O–H groups in total. The van der Waals surface area contributed by atoms with Gasteiger partial charge in [0.25, 0.3) is 5.91 Å². The monoisotopic (exact) mass is 353 g/mol. The normalized spacial score (nSPS) is 10.6. The molecule has 1 heterocycles. The van der Waals surface area contributed by atoms with Crippen molar-refractivity contribution in [3.63, 3.8) is 0 Å². The van der Waals surface area contributed by atoms with Gasteiger partial charge in [-0.1, -0.05) is 30.3 Å². The van der Waals surface area contributed by atoms with E-state index >= 15 is 0 Å². The number of aromatic nitrogens is 1. The van der Waals surface area contributed by atoms with Crippen LogP contribution in [0.25, 0.3) is 10.2 Å². The lowest BCUT2D eigenvalue weighted by Crippen LogP contribution is -2.30. The topological polar surface area (TPSA) is 71.1 Å². The van der Waals surface area contributed by atoms with E-state index in [0.717, 1.165) is 20.8 Å². The number of aryl methyl sites for hydroxylation is 1. The van der Waals surface area contributed by atoms with E-state index < -0.39 is 0 Å². The summed E-state index contributed by atoms with van der Waals surface area (Å²) in [4.78, 5) is 28.5. The highest BCUT2D eigenvalue weighted by molar-refractivity contribution is 7.18. The molecule has 0 saturated heterocycles. The van der Waals surface area contributed by atoms with Crippen molar-refractivity contribution in [3.8, 4) is 0 Å². The minimum atomic E-state index is -0.155. The maximum atomic E-state index is 12.1. The number of thiazole rings is 1. The number of nitrogens with zero attached hydrogens (tertiary/aromatic N) is 1. The van der Waals surface area contributed by atoms with Gasteiger partial charge in [-0.2, -0.15) is 0 Å². The number of nitrogens with one attached hydrogen (secondary N) is 2. The molecule has 1 aromatic heterocycles. The Kier molecular flexibility index (Phi) is 5.40. The molecule has 0 aliphatic carbocycles. The van der Waals surface area contributed by atoms with Crippen molar-refractivity contribution in [2.45, 2.75) is 19.9 Å². The third-order valence-electron chi connectivity index (χ3n) is 3.80. The van der Waals surface area contributed by atoms with E-state index in [1.165, 1.54) is 0 Å². The highest BCUT2D eigenvalue weighted by Crippen LogP contribution is 2.21. The van der Waals surface area contributed by atoms with Crippen LogP contribution in [-0.2, 0) is 11.3 Å². The molecule has 6 heteroatoms. The van der Waals surface area contributed by atoms with Gasteiger partial charge in [-0.05, 0) is 30.7 Å². The number of carbonyl (C=O) groups is 2. The molecule has 0 unspecified atom stereocenters. The quantitative estimate of drug-likeness (QED) is 0.715. The Morgan fingerprint density at radius 1 is 1.04 bits per heavy atom. The highest BCUT2D eigenvalue weighted by Gasteiger charge is 2.09. The molecule has 0 fully saturated rings. The van der Waals surface area contributed by atoms with Crippen LogP contribution in [0.3, 0.4) is 0 Å². The second-order valence-electron chi connectivity index (χ2n) is 5.67. The number of benzene rings is 2. The van der Waals surface area contributed by atoms with Crippen molar-refractivity contribution in [1.29, 1.82) is 0 Å². The standard InChI is InChI=1S/C19H19N3O2S/c1-13-6-2-3-7-14(13)19(24)20-11-10-17(23)21-12-18-22-15-8-4-5-9-16(15)25-18/h2-9H,10-12H2,1H3,(H,20,24)(H,21,23). The lowest BCUT2D eigenvalue weighted by Gasteiger charge is -2.07. The molecule has 0 saturated carbocycles. The summed E-state index contributed by atoms with van der Waals surface area (Å²) in [5.41, 5.74) is 2.50. The first-order valence-electron chi connectivity index (χ1n) is 8.08. The predicted molar refractivity (Wildman–Crippen MR) is 99.6 cm³/mol. The van der Waals surface area contributed by atoms with Gasteiger partial charge in [0.05, 0.1) is 16.8 Å². The molecule has 0 aliphatic heterocycles. The zero-order chi connectivity index (χ0) is 17.6. The molecule has 25 heavy (non-hydrogen) atoms. The van der Waals surface area contributed by atoms with E-state index in [4.69, 9.17) is 0 Å². The maximum Gasteiger partial charge on any atom is 0.251 e. The summed E-state index contributed by atoms with van der Waals surface area (Å²) in [5, 5.41) is 6.49. The van der Waals surface area contributed by atoms with Crippen LogP contribution in [-0.4, -0.2) is 23.3 Å². The number of rotatable bonds is 6. The molecule has 3 aromatic rings. The van der Waals surface area contributed by atoms with Crippen LogP contribution in [0.4, 0.5) is 0 Å². The lowest BCUT2D eigenvalue weighted by molar-refractivity contribution is -0.121. The number of hydrogen-bond acceptors (Lipinski definition) is 4. The van der Waals surface area contributed by atoms with Crippen LogP contribution in [0.2, 0.25) is 0 Å². The Hall–Kier alpha value is -2.73. The first-order chi connectivity index (χ1) is 12.1. The number of amides is 2. The van der Waals surface area contributed by atoms with Gasteiger partial charge >= 0.3 is 0 Å². The fourth-order valence-corrected chi connectivity index (χ4v) is 3.38. The van der Waals surface area contributed by atoms with Crippen molar-refractivity contribution in [2.24, 2.45) is 0 Å². The first kappa shape index (κ1) is 17.1. The van der Waals surface area contributed by atoms with Crippen LogP contribution < -0.4 is 10.6 Å². The molecular formula is C19H19N3O2S.